The molecule has 0 aliphatic carbocycles. The van der Waals surface area contributed by atoms with Gasteiger partial charge in [0.25, 0.3) is 0 Å². The van der Waals surface area contributed by atoms with E-state index in [4.69, 9.17) is 9.47 Å². The van der Waals surface area contributed by atoms with Crippen LogP contribution in [0.3, 0.4) is 0 Å². The van der Waals surface area contributed by atoms with Crippen LogP contribution >= 0.6 is 24.0 Å². The van der Waals surface area contributed by atoms with Gasteiger partial charge in [-0.3, -0.25) is 9.89 Å². The summed E-state index contributed by atoms with van der Waals surface area (Å²) in [5, 5.41) is 3.51. The molecule has 1 aromatic rings. The fourth-order valence-corrected chi connectivity index (χ4v) is 3.17. The van der Waals surface area contributed by atoms with Gasteiger partial charge < -0.3 is 19.7 Å². The van der Waals surface area contributed by atoms with Crippen molar-refractivity contribution >= 4 is 29.9 Å². The van der Waals surface area contributed by atoms with Crippen molar-refractivity contribution in [2.45, 2.75) is 6.92 Å². The van der Waals surface area contributed by atoms with E-state index in [0.29, 0.717) is 0 Å². The van der Waals surface area contributed by atoms with E-state index >= 15 is 0 Å². The van der Waals surface area contributed by atoms with Gasteiger partial charge in [0, 0.05) is 51.7 Å². The molecule has 2 heterocycles. The van der Waals surface area contributed by atoms with Gasteiger partial charge in [0.1, 0.15) is 12.4 Å². The maximum atomic E-state index is 5.80. The Hall–Kier alpha value is -1.06. The number of hydrogen-bond donors (Lipinski definition) is 1. The fourth-order valence-electron chi connectivity index (χ4n) is 3.17. The molecular formula is C19H31IN4O2. The Bertz CT molecular complexity index is 558. The van der Waals surface area contributed by atoms with E-state index < -0.39 is 0 Å². The summed E-state index contributed by atoms with van der Waals surface area (Å²) < 4.78 is 11.1. The summed E-state index contributed by atoms with van der Waals surface area (Å²) >= 11 is 0. The number of hydrogen-bond acceptors (Lipinski definition) is 4. The molecule has 0 amide bonds. The molecule has 0 spiro atoms. The van der Waals surface area contributed by atoms with Crippen LogP contribution in [0.2, 0.25) is 0 Å². The molecule has 0 unspecified atom stereocenters. The van der Waals surface area contributed by atoms with Crippen molar-refractivity contribution in [2.24, 2.45) is 10.4 Å². The molecule has 1 aromatic carbocycles. The van der Waals surface area contributed by atoms with Gasteiger partial charge in [0.05, 0.1) is 13.2 Å². The van der Waals surface area contributed by atoms with Gasteiger partial charge in [-0.05, 0) is 12.1 Å². The molecule has 0 bridgehead atoms. The highest BCUT2D eigenvalue weighted by molar-refractivity contribution is 14.0. The molecule has 26 heavy (non-hydrogen) atoms. The van der Waals surface area contributed by atoms with Crippen LogP contribution in [0, 0.1) is 5.41 Å². The van der Waals surface area contributed by atoms with Crippen LogP contribution in [-0.2, 0) is 4.74 Å². The molecule has 2 aliphatic heterocycles. The smallest absolute Gasteiger partial charge is 0.193 e. The minimum atomic E-state index is 0. The molecule has 2 aliphatic rings. The highest BCUT2D eigenvalue weighted by atomic mass is 127. The molecule has 3 rings (SSSR count). The number of benzene rings is 1. The lowest BCUT2D eigenvalue weighted by Gasteiger charge is -2.40. The average Bonchev–Trinajstić information content (AvgIpc) is 2.63. The molecule has 0 saturated carbocycles. The molecule has 1 N–H and O–H groups in total. The number of aliphatic imine (C=N–C) groups is 1. The summed E-state index contributed by atoms with van der Waals surface area (Å²) in [5.74, 6) is 1.95. The highest BCUT2D eigenvalue weighted by Gasteiger charge is 2.33. The third-order valence-electron chi connectivity index (χ3n) is 4.88. The largest absolute Gasteiger partial charge is 0.492 e. The van der Waals surface area contributed by atoms with Gasteiger partial charge in [-0.25, -0.2) is 0 Å². The lowest BCUT2D eigenvalue weighted by atomic mass is 9.89. The maximum absolute atomic E-state index is 5.80. The van der Waals surface area contributed by atoms with Crippen LogP contribution in [-0.4, -0.2) is 81.9 Å². The number of halogens is 1. The Kier molecular flexibility index (Phi) is 8.43. The number of ether oxygens (including phenoxy) is 2. The Labute approximate surface area is 173 Å². The molecule has 2 saturated heterocycles. The molecule has 7 heteroatoms. The monoisotopic (exact) mass is 474 g/mol. The van der Waals surface area contributed by atoms with Crippen LogP contribution in [0.5, 0.6) is 5.75 Å². The standard InChI is InChI=1S/C19H30N4O2.HI/c1-19(15-24-16-19)14-21-18(20-2)23-10-8-22(9-11-23)12-13-25-17-6-4-3-5-7-17;/h3-7H,8-16H2,1-2H3,(H,20,21);1H. The van der Waals surface area contributed by atoms with Crippen molar-refractivity contribution in [3.05, 3.63) is 30.3 Å². The topological polar surface area (TPSA) is 49.3 Å². The first-order valence-electron chi connectivity index (χ1n) is 9.12. The molecule has 2 fully saturated rings. The predicted octanol–water partition coefficient (Wildman–Crippen LogP) is 1.91. The summed E-state index contributed by atoms with van der Waals surface area (Å²) in [4.78, 5) is 9.24. The summed E-state index contributed by atoms with van der Waals surface area (Å²) in [6.07, 6.45) is 0. The first kappa shape index (κ1) is 21.2. The van der Waals surface area contributed by atoms with Crippen LogP contribution < -0.4 is 10.1 Å². The quantitative estimate of drug-likeness (QED) is 0.388. The van der Waals surface area contributed by atoms with E-state index in [-0.39, 0.29) is 29.4 Å². The predicted molar refractivity (Wildman–Crippen MR) is 116 cm³/mol. The lowest BCUT2D eigenvalue weighted by Crippen LogP contribution is -2.56. The Morgan fingerprint density at radius 1 is 1.19 bits per heavy atom. The first-order chi connectivity index (χ1) is 12.2. The third kappa shape index (κ3) is 5.99. The van der Waals surface area contributed by atoms with Gasteiger partial charge in [-0.2, -0.15) is 0 Å². The van der Waals surface area contributed by atoms with Crippen molar-refractivity contribution in [1.82, 2.24) is 15.1 Å². The van der Waals surface area contributed by atoms with Gasteiger partial charge in [-0.15, -0.1) is 24.0 Å². The number of guanidine groups is 1. The average molecular weight is 474 g/mol. The molecule has 0 atom stereocenters. The summed E-state index contributed by atoms with van der Waals surface area (Å²) in [6.45, 7) is 10.6. The SMILES string of the molecule is CN=C(NCC1(C)COC1)N1CCN(CCOc2ccccc2)CC1.I. The fraction of sp³-hybridized carbons (Fsp3) is 0.632. The van der Waals surface area contributed by atoms with Crippen LogP contribution in [0.4, 0.5) is 0 Å². The second-order valence-electron chi connectivity index (χ2n) is 7.19. The van der Waals surface area contributed by atoms with E-state index in [1.165, 1.54) is 0 Å². The zero-order valence-electron chi connectivity index (χ0n) is 15.8. The molecule has 0 radical (unpaired) electrons. The van der Waals surface area contributed by atoms with Crippen molar-refractivity contribution < 1.29 is 9.47 Å². The van der Waals surface area contributed by atoms with Crippen molar-refractivity contribution in [3.8, 4) is 5.75 Å². The van der Waals surface area contributed by atoms with E-state index in [9.17, 15) is 0 Å². The van der Waals surface area contributed by atoms with E-state index in [2.05, 4.69) is 27.0 Å². The van der Waals surface area contributed by atoms with Crippen LogP contribution in [0.1, 0.15) is 6.92 Å². The van der Waals surface area contributed by atoms with Crippen molar-refractivity contribution in [3.63, 3.8) is 0 Å². The number of piperazine rings is 1. The molecule has 0 aromatic heterocycles. The highest BCUT2D eigenvalue weighted by Crippen LogP contribution is 2.25. The summed E-state index contributed by atoms with van der Waals surface area (Å²) in [7, 11) is 1.86. The third-order valence-corrected chi connectivity index (χ3v) is 4.88. The minimum absolute atomic E-state index is 0. The molecule has 146 valence electrons. The number of rotatable bonds is 6. The Balaban J connectivity index is 0.00000243. The zero-order valence-corrected chi connectivity index (χ0v) is 18.1. The maximum Gasteiger partial charge on any atom is 0.193 e. The second-order valence-corrected chi connectivity index (χ2v) is 7.19. The number of para-hydroxylation sites is 1. The van der Waals surface area contributed by atoms with Crippen LogP contribution in [0.15, 0.2) is 35.3 Å². The van der Waals surface area contributed by atoms with Gasteiger partial charge >= 0.3 is 0 Å². The summed E-state index contributed by atoms with van der Waals surface area (Å²) in [5.41, 5.74) is 0.256. The van der Waals surface area contributed by atoms with Gasteiger partial charge in [0.15, 0.2) is 5.96 Å². The summed E-state index contributed by atoms with van der Waals surface area (Å²) in [6, 6.07) is 10.0. The Morgan fingerprint density at radius 3 is 2.46 bits per heavy atom. The second kappa shape index (κ2) is 10.3. The molecule has 6 nitrogen and oxygen atoms in total. The number of nitrogens with one attached hydrogen (secondary N) is 1. The van der Waals surface area contributed by atoms with Crippen molar-refractivity contribution in [2.75, 3.05) is 66.1 Å². The van der Waals surface area contributed by atoms with E-state index in [0.717, 1.165) is 70.8 Å². The first-order valence-corrected chi connectivity index (χ1v) is 9.12. The zero-order chi connectivity index (χ0) is 17.5. The Morgan fingerprint density at radius 2 is 1.88 bits per heavy atom. The van der Waals surface area contributed by atoms with Crippen molar-refractivity contribution in [1.29, 1.82) is 0 Å². The van der Waals surface area contributed by atoms with E-state index in [1.807, 2.05) is 37.4 Å². The minimum Gasteiger partial charge on any atom is -0.492 e. The number of nitrogens with zero attached hydrogens (tertiary/aromatic N) is 3. The van der Waals surface area contributed by atoms with Gasteiger partial charge in [0.2, 0.25) is 0 Å². The van der Waals surface area contributed by atoms with E-state index in [1.54, 1.807) is 0 Å². The molecular weight excluding hydrogens is 443 g/mol. The lowest BCUT2D eigenvalue weighted by molar-refractivity contribution is -0.0973. The van der Waals surface area contributed by atoms with Gasteiger partial charge in [-0.1, -0.05) is 25.1 Å². The van der Waals surface area contributed by atoms with Crippen LogP contribution in [0.25, 0.3) is 0 Å². The normalized spacial score (nSPS) is 20.1.